The lowest BCUT2D eigenvalue weighted by atomic mass is 9.89. The molecule has 1 aliphatic rings. The normalized spacial score (nSPS) is 16.9. The van der Waals surface area contributed by atoms with E-state index in [0.717, 1.165) is 0 Å². The van der Waals surface area contributed by atoms with Crippen LogP contribution in [0.5, 0.6) is 5.75 Å². The first-order chi connectivity index (χ1) is 12.8. The number of benzene rings is 2. The highest BCUT2D eigenvalue weighted by atomic mass is 32.1. The third-order valence-corrected chi connectivity index (χ3v) is 4.96. The molecule has 27 heavy (non-hydrogen) atoms. The van der Waals surface area contributed by atoms with Crippen LogP contribution in [0.1, 0.15) is 28.9 Å². The molecule has 2 aromatic carbocycles. The average molecular weight is 383 g/mol. The summed E-state index contributed by atoms with van der Waals surface area (Å²) in [5.41, 5.74) is 1.65. The molecule has 0 spiro atoms. The summed E-state index contributed by atoms with van der Waals surface area (Å²) in [4.78, 5) is 25.4. The van der Waals surface area contributed by atoms with Crippen LogP contribution in [0.2, 0.25) is 0 Å². The molecule has 3 rings (SSSR count). The second-order valence-corrected chi connectivity index (χ2v) is 6.53. The molecule has 0 aromatic heterocycles. The summed E-state index contributed by atoms with van der Waals surface area (Å²) in [7, 11) is 1.75. The Morgan fingerprint density at radius 3 is 2.56 bits per heavy atom. The number of allylic oxidation sites excluding steroid dienone is 1. The zero-order valence-electron chi connectivity index (χ0n) is 14.7. The smallest absolute Gasteiger partial charge is 0.311 e. The van der Waals surface area contributed by atoms with E-state index in [1.165, 1.54) is 12.1 Å². The number of ketones is 1. The Morgan fingerprint density at radius 1 is 1.26 bits per heavy atom. The molecule has 2 aromatic rings. The van der Waals surface area contributed by atoms with Gasteiger partial charge in [0, 0.05) is 29.9 Å². The van der Waals surface area contributed by atoms with Crippen LogP contribution in [0, 0.1) is 10.1 Å². The van der Waals surface area contributed by atoms with Crippen molar-refractivity contribution < 1.29 is 14.8 Å². The summed E-state index contributed by atoms with van der Waals surface area (Å²) in [6, 6.07) is 12.2. The SMILES string of the molecule is CC1=C(C(=O)c2ccccc2)C(c2ccc(O)c([N+](=O)[O-])c2)NC(=S)N1C. The quantitative estimate of drug-likeness (QED) is 0.362. The van der Waals surface area contributed by atoms with Gasteiger partial charge in [-0.1, -0.05) is 36.4 Å². The van der Waals surface area contributed by atoms with Gasteiger partial charge in [0.05, 0.1) is 11.0 Å². The Balaban J connectivity index is 2.15. The van der Waals surface area contributed by atoms with Crippen LogP contribution in [0.3, 0.4) is 0 Å². The van der Waals surface area contributed by atoms with Crippen molar-refractivity contribution in [1.82, 2.24) is 10.2 Å². The number of nitro benzene ring substituents is 1. The van der Waals surface area contributed by atoms with Gasteiger partial charge >= 0.3 is 5.69 Å². The standard InChI is InChI=1S/C19H17N3O4S/c1-11-16(18(24)12-6-4-3-5-7-12)17(20-19(27)21(11)2)13-8-9-15(23)14(10-13)22(25)26/h3-10,17,23H,1-2H3,(H,20,27). The van der Waals surface area contributed by atoms with E-state index in [1.54, 1.807) is 49.2 Å². The number of carbonyl (C=O) groups is 1. The van der Waals surface area contributed by atoms with E-state index in [-0.39, 0.29) is 5.78 Å². The molecular formula is C19H17N3O4S. The van der Waals surface area contributed by atoms with E-state index in [1.807, 2.05) is 6.07 Å². The van der Waals surface area contributed by atoms with E-state index < -0.39 is 22.4 Å². The molecule has 1 aliphatic heterocycles. The zero-order chi connectivity index (χ0) is 19.7. The monoisotopic (exact) mass is 383 g/mol. The predicted octanol–water partition coefficient (Wildman–Crippen LogP) is 3.32. The lowest BCUT2D eigenvalue weighted by molar-refractivity contribution is -0.385. The van der Waals surface area contributed by atoms with Gasteiger partial charge in [-0.05, 0) is 30.8 Å². The number of phenols is 1. The van der Waals surface area contributed by atoms with Gasteiger partial charge in [0.1, 0.15) is 0 Å². The molecule has 0 radical (unpaired) electrons. The molecule has 0 aliphatic carbocycles. The van der Waals surface area contributed by atoms with Gasteiger partial charge in [-0.25, -0.2) is 0 Å². The Kier molecular flexibility index (Phi) is 4.91. The molecule has 1 atom stereocenters. The summed E-state index contributed by atoms with van der Waals surface area (Å²) in [6.45, 7) is 1.78. The molecule has 0 saturated heterocycles. The summed E-state index contributed by atoms with van der Waals surface area (Å²) in [5.74, 6) is -0.633. The molecule has 0 fully saturated rings. The van der Waals surface area contributed by atoms with Gasteiger partial charge in [0.25, 0.3) is 0 Å². The van der Waals surface area contributed by atoms with Gasteiger partial charge in [-0.3, -0.25) is 14.9 Å². The van der Waals surface area contributed by atoms with Crippen LogP contribution in [0.15, 0.2) is 59.8 Å². The zero-order valence-corrected chi connectivity index (χ0v) is 15.5. The van der Waals surface area contributed by atoms with Gasteiger partial charge in [0.2, 0.25) is 0 Å². The van der Waals surface area contributed by atoms with Crippen molar-refractivity contribution in [2.75, 3.05) is 7.05 Å². The number of phenolic OH excluding ortho intramolecular Hbond substituents is 1. The molecule has 0 bridgehead atoms. The molecule has 7 nitrogen and oxygen atoms in total. The van der Waals surface area contributed by atoms with Crippen molar-refractivity contribution >= 4 is 28.8 Å². The van der Waals surface area contributed by atoms with Crippen LogP contribution >= 0.6 is 12.2 Å². The molecule has 0 amide bonds. The Labute approximate surface area is 161 Å². The van der Waals surface area contributed by atoms with Crippen LogP contribution in [-0.4, -0.2) is 32.9 Å². The van der Waals surface area contributed by atoms with E-state index >= 15 is 0 Å². The van der Waals surface area contributed by atoms with Crippen molar-refractivity contribution in [3.05, 3.63) is 81.0 Å². The summed E-state index contributed by atoms with van der Waals surface area (Å²) in [5, 5.41) is 24.4. The number of hydrogen-bond donors (Lipinski definition) is 2. The van der Waals surface area contributed by atoms with E-state index in [4.69, 9.17) is 12.2 Å². The minimum absolute atomic E-state index is 0.198. The van der Waals surface area contributed by atoms with E-state index in [0.29, 0.717) is 27.5 Å². The highest BCUT2D eigenvalue weighted by molar-refractivity contribution is 7.80. The Hall–Kier alpha value is -3.26. The largest absolute Gasteiger partial charge is 0.502 e. The number of thiocarbonyl (C=S) groups is 1. The highest BCUT2D eigenvalue weighted by Crippen LogP contribution is 2.36. The minimum Gasteiger partial charge on any atom is -0.502 e. The number of carbonyl (C=O) groups excluding carboxylic acids is 1. The number of nitrogens with zero attached hydrogens (tertiary/aromatic N) is 2. The first-order valence-corrected chi connectivity index (χ1v) is 8.54. The minimum atomic E-state index is -0.666. The molecule has 138 valence electrons. The first kappa shape index (κ1) is 18.5. The summed E-state index contributed by atoms with van der Waals surface area (Å²) < 4.78 is 0. The van der Waals surface area contributed by atoms with Crippen molar-refractivity contribution in [2.45, 2.75) is 13.0 Å². The molecule has 8 heteroatoms. The third-order valence-electron chi connectivity index (χ3n) is 4.56. The van der Waals surface area contributed by atoms with Crippen molar-refractivity contribution in [1.29, 1.82) is 0 Å². The fourth-order valence-corrected chi connectivity index (χ4v) is 3.25. The van der Waals surface area contributed by atoms with E-state index in [9.17, 15) is 20.0 Å². The maximum Gasteiger partial charge on any atom is 0.311 e. The van der Waals surface area contributed by atoms with Gasteiger partial charge in [-0.15, -0.1) is 0 Å². The van der Waals surface area contributed by atoms with E-state index in [2.05, 4.69) is 5.32 Å². The Morgan fingerprint density at radius 2 is 1.93 bits per heavy atom. The van der Waals surface area contributed by atoms with Crippen molar-refractivity contribution in [3.63, 3.8) is 0 Å². The van der Waals surface area contributed by atoms with Gasteiger partial charge < -0.3 is 15.3 Å². The Bertz CT molecular complexity index is 972. The number of Topliss-reactive ketones (excluding diaryl/α,β-unsaturated/α-hetero) is 1. The lowest BCUT2D eigenvalue weighted by Crippen LogP contribution is -2.45. The molecule has 0 saturated carbocycles. The number of nitrogens with one attached hydrogen (secondary N) is 1. The topological polar surface area (TPSA) is 95.7 Å². The van der Waals surface area contributed by atoms with Gasteiger partial charge in [0.15, 0.2) is 16.6 Å². The summed E-state index contributed by atoms with van der Waals surface area (Å²) in [6.07, 6.45) is 0. The highest BCUT2D eigenvalue weighted by Gasteiger charge is 2.33. The van der Waals surface area contributed by atoms with Crippen molar-refractivity contribution in [2.24, 2.45) is 0 Å². The predicted molar refractivity (Wildman–Crippen MR) is 104 cm³/mol. The van der Waals surface area contributed by atoms with Crippen LogP contribution in [0.25, 0.3) is 0 Å². The van der Waals surface area contributed by atoms with Crippen LogP contribution < -0.4 is 5.32 Å². The molecule has 2 N–H and O–H groups in total. The lowest BCUT2D eigenvalue weighted by Gasteiger charge is -2.35. The first-order valence-electron chi connectivity index (χ1n) is 8.13. The fraction of sp³-hybridized carbons (Fsp3) is 0.158. The molecule has 1 unspecified atom stereocenters. The number of nitro groups is 1. The second-order valence-electron chi connectivity index (χ2n) is 6.14. The third kappa shape index (κ3) is 3.39. The summed E-state index contributed by atoms with van der Waals surface area (Å²) >= 11 is 5.33. The average Bonchev–Trinajstić information content (AvgIpc) is 2.66. The van der Waals surface area contributed by atoms with Crippen molar-refractivity contribution in [3.8, 4) is 5.75 Å². The number of rotatable bonds is 4. The number of aromatic hydroxyl groups is 1. The fourth-order valence-electron chi connectivity index (χ4n) is 2.99. The second kappa shape index (κ2) is 7.16. The number of hydrogen-bond acceptors (Lipinski definition) is 5. The maximum absolute atomic E-state index is 13.2. The maximum atomic E-state index is 13.2. The van der Waals surface area contributed by atoms with Crippen LogP contribution in [0.4, 0.5) is 5.69 Å². The van der Waals surface area contributed by atoms with Crippen LogP contribution in [-0.2, 0) is 0 Å². The molecule has 1 heterocycles. The molecular weight excluding hydrogens is 366 g/mol. The van der Waals surface area contributed by atoms with Gasteiger partial charge in [-0.2, -0.15) is 0 Å².